The lowest BCUT2D eigenvalue weighted by atomic mass is 10.3. The topological polar surface area (TPSA) is 99.1 Å². The van der Waals surface area contributed by atoms with Gasteiger partial charge in [-0.3, -0.25) is 9.59 Å². The maximum Gasteiger partial charge on any atom is 0.333 e. The Bertz CT molecular complexity index is 1730. The van der Waals surface area contributed by atoms with Crippen molar-refractivity contribution in [2.24, 2.45) is 0 Å². The predicted octanol–water partition coefficient (Wildman–Crippen LogP) is 0.115. The van der Waals surface area contributed by atoms with E-state index in [4.69, 9.17) is 15.9 Å². The van der Waals surface area contributed by atoms with Crippen LogP contribution in [0.2, 0.25) is 0 Å². The molecule has 0 heterocycles. The van der Waals surface area contributed by atoms with Crippen molar-refractivity contribution in [1.82, 2.24) is 0 Å². The lowest BCUT2D eigenvalue weighted by Gasteiger charge is -2.11. The van der Waals surface area contributed by atoms with Gasteiger partial charge in [-0.05, 0) is 54.3 Å². The smallest absolute Gasteiger partial charge is 0.333 e. The molecule has 1 N–H and O–H groups in total. The number of aliphatic hydroxyl groups is 1. The zero-order valence-corrected chi connectivity index (χ0v) is 22.9. The Morgan fingerprint density at radius 3 is 1.64 bits per heavy atom. The molecule has 7 nitrogen and oxygen atoms in total. The van der Waals surface area contributed by atoms with Gasteiger partial charge in [-0.1, -0.05) is 6.58 Å². The zero-order chi connectivity index (χ0) is 31.1. The molecule has 8 heteroatoms. The molecule has 0 aliphatic carbocycles. The summed E-state index contributed by atoms with van der Waals surface area (Å²) in [6, 6.07) is 0. The van der Waals surface area contributed by atoms with Gasteiger partial charge in [0.1, 0.15) is 25.4 Å². The SMILES string of the molecule is C#CC#CC#CC#CC#CC#CC#CC#CC#CC#CC#COC(=O)[CH]CSCC(=O)OCC(O)COC(=O)C(=C)C. The number of terminal acetylenes is 1. The van der Waals surface area contributed by atoms with Gasteiger partial charge in [0.25, 0.3) is 0 Å². The molecule has 1 radical (unpaired) electrons. The maximum atomic E-state index is 11.6. The molecule has 0 fully saturated rings. The average molecular weight is 570 g/mol. The van der Waals surface area contributed by atoms with Crippen molar-refractivity contribution in [3.05, 3.63) is 18.6 Å². The van der Waals surface area contributed by atoms with E-state index in [0.717, 1.165) is 11.8 Å². The third-order valence-electron chi connectivity index (χ3n) is 3.18. The molecule has 1 atom stereocenters. The maximum absolute atomic E-state index is 11.6. The third-order valence-corrected chi connectivity index (χ3v) is 4.02. The summed E-state index contributed by atoms with van der Waals surface area (Å²) >= 11 is 1.08. The minimum Gasteiger partial charge on any atom is -0.462 e. The number of esters is 3. The normalized spacial score (nSPS) is 7.64. The summed E-state index contributed by atoms with van der Waals surface area (Å²) in [6.45, 7) is 4.19. The van der Waals surface area contributed by atoms with Crippen molar-refractivity contribution in [2.75, 3.05) is 24.7 Å². The number of rotatable bonds is 10. The van der Waals surface area contributed by atoms with Gasteiger partial charge in [0.05, 0.1) is 12.2 Å². The lowest BCUT2D eigenvalue weighted by molar-refractivity contribution is -0.148. The summed E-state index contributed by atoms with van der Waals surface area (Å²) < 4.78 is 14.2. The largest absolute Gasteiger partial charge is 0.462 e. The molecular weight excluding hydrogens is 552 g/mol. The number of hydrogen-bond acceptors (Lipinski definition) is 8. The Kier molecular flexibility index (Phi) is 22.3. The Hall–Kier alpha value is -6.38. The first kappa shape index (κ1) is 35.6. The highest BCUT2D eigenvalue weighted by Crippen LogP contribution is 2.04. The van der Waals surface area contributed by atoms with Gasteiger partial charge < -0.3 is 19.3 Å². The van der Waals surface area contributed by atoms with Gasteiger partial charge in [0.15, 0.2) is 0 Å². The van der Waals surface area contributed by atoms with Crippen molar-refractivity contribution in [3.8, 4) is 131 Å². The lowest BCUT2D eigenvalue weighted by Crippen LogP contribution is -2.26. The summed E-state index contributed by atoms with van der Waals surface area (Å²) in [6.07, 6.45) is 7.03. The summed E-state index contributed by atoms with van der Waals surface area (Å²) in [5.41, 5.74) is 0.186. The van der Waals surface area contributed by atoms with Crippen molar-refractivity contribution < 1.29 is 33.7 Å². The Labute approximate surface area is 250 Å². The van der Waals surface area contributed by atoms with Gasteiger partial charge in [0, 0.05) is 82.4 Å². The number of hydrogen-bond donors (Lipinski definition) is 1. The second-order valence-electron chi connectivity index (χ2n) is 6.48. The fourth-order valence-electron chi connectivity index (χ4n) is 1.55. The highest BCUT2D eigenvalue weighted by Gasteiger charge is 2.12. The molecule has 0 saturated carbocycles. The Morgan fingerprint density at radius 2 is 1.19 bits per heavy atom. The fraction of sp³-hybridized carbons (Fsp3) is 0.176. The standard InChI is InChI=1S/C34H17O7S/c1-4-5-6-7-8-9-10-11-12-13-14-15-16-17-18-19-20-21-22-23-25-39-32(36)24-26-42-29-33(37)40-27-31(35)28-41-34(38)30(2)3/h1,24,31,35H,2,26-29H2,3H3. The zero-order valence-electron chi connectivity index (χ0n) is 22.1. The van der Waals surface area contributed by atoms with E-state index < -0.39 is 24.0 Å². The van der Waals surface area contributed by atoms with Crippen molar-refractivity contribution in [3.63, 3.8) is 0 Å². The van der Waals surface area contributed by atoms with Crippen molar-refractivity contribution >= 4 is 29.7 Å². The summed E-state index contributed by atoms with van der Waals surface area (Å²) in [5.74, 6) is 46.2. The van der Waals surface area contributed by atoms with Crippen LogP contribution in [-0.2, 0) is 28.6 Å². The molecular formula is C34H17O7S. The average Bonchev–Trinajstić information content (AvgIpc) is 2.97. The molecule has 0 aromatic carbocycles. The summed E-state index contributed by atoms with van der Waals surface area (Å²) in [5, 5.41) is 9.62. The van der Waals surface area contributed by atoms with Crippen molar-refractivity contribution in [2.45, 2.75) is 13.0 Å². The number of ether oxygens (including phenoxy) is 3. The molecule has 201 valence electrons. The summed E-state index contributed by atoms with van der Waals surface area (Å²) in [4.78, 5) is 34.4. The van der Waals surface area contributed by atoms with Crippen LogP contribution in [0.15, 0.2) is 12.2 Å². The first-order valence-corrected chi connectivity index (χ1v) is 12.3. The first-order chi connectivity index (χ1) is 20.4. The van der Waals surface area contributed by atoms with Crippen molar-refractivity contribution in [1.29, 1.82) is 0 Å². The highest BCUT2D eigenvalue weighted by molar-refractivity contribution is 8.00. The molecule has 1 unspecified atom stereocenters. The third kappa shape index (κ3) is 25.3. The van der Waals surface area contributed by atoms with Crippen LogP contribution in [0.1, 0.15) is 6.92 Å². The van der Waals surface area contributed by atoms with E-state index in [0.29, 0.717) is 0 Å². The van der Waals surface area contributed by atoms with E-state index >= 15 is 0 Å². The number of carbonyl (C=O) groups excluding carboxylic acids is 3. The second-order valence-corrected chi connectivity index (χ2v) is 7.51. The Balaban J connectivity index is 4.16. The minimum atomic E-state index is -1.16. The van der Waals surface area contributed by atoms with Gasteiger partial charge in [-0.2, -0.15) is 0 Å². The van der Waals surface area contributed by atoms with E-state index in [1.54, 1.807) is 0 Å². The van der Waals surface area contributed by atoms with Gasteiger partial charge in [-0.15, -0.1) is 18.2 Å². The highest BCUT2D eigenvalue weighted by atomic mass is 32.2. The van der Waals surface area contributed by atoms with E-state index in [-0.39, 0.29) is 30.3 Å². The number of thioether (sulfide) groups is 1. The van der Waals surface area contributed by atoms with E-state index in [1.165, 1.54) is 13.3 Å². The molecule has 0 aromatic rings. The Morgan fingerprint density at radius 1 is 0.762 bits per heavy atom. The van der Waals surface area contributed by atoms with E-state index in [9.17, 15) is 19.5 Å². The predicted molar refractivity (Wildman–Crippen MR) is 157 cm³/mol. The molecule has 0 amide bonds. The van der Waals surface area contributed by atoms with Crippen LogP contribution in [0.3, 0.4) is 0 Å². The van der Waals surface area contributed by atoms with Gasteiger partial charge in [0.2, 0.25) is 0 Å². The molecule has 0 rings (SSSR count). The summed E-state index contributed by atoms with van der Waals surface area (Å²) in [7, 11) is 0. The fourth-order valence-corrected chi connectivity index (χ4v) is 2.18. The molecule has 0 bridgehead atoms. The number of aliphatic hydroxyl groups excluding tert-OH is 1. The molecule has 0 aliphatic rings. The molecule has 0 spiro atoms. The quantitative estimate of drug-likeness (QED) is 0.130. The molecule has 42 heavy (non-hydrogen) atoms. The van der Waals surface area contributed by atoms with Crippen LogP contribution in [0.25, 0.3) is 0 Å². The second kappa shape index (κ2) is 26.2. The van der Waals surface area contributed by atoms with E-state index in [2.05, 4.69) is 136 Å². The van der Waals surface area contributed by atoms with Crippen LogP contribution < -0.4 is 0 Å². The molecule has 0 aliphatic heterocycles. The first-order valence-electron chi connectivity index (χ1n) is 11.1. The van der Waals surface area contributed by atoms with Crippen LogP contribution in [0.5, 0.6) is 0 Å². The monoisotopic (exact) mass is 569 g/mol. The van der Waals surface area contributed by atoms with Crippen LogP contribution in [-0.4, -0.2) is 53.8 Å². The minimum absolute atomic E-state index is 0.0767. The van der Waals surface area contributed by atoms with Crippen LogP contribution >= 0.6 is 11.8 Å². The molecule has 0 aromatic heterocycles. The van der Waals surface area contributed by atoms with Crippen LogP contribution in [0.4, 0.5) is 0 Å². The van der Waals surface area contributed by atoms with Gasteiger partial charge >= 0.3 is 17.9 Å². The molecule has 0 saturated heterocycles. The van der Waals surface area contributed by atoms with E-state index in [1.807, 2.05) is 0 Å². The van der Waals surface area contributed by atoms with Gasteiger partial charge in [-0.25, -0.2) is 4.79 Å². The van der Waals surface area contributed by atoms with Crippen LogP contribution in [0, 0.1) is 137 Å². The number of carbonyl (C=O) groups is 3.